The summed E-state index contributed by atoms with van der Waals surface area (Å²) in [6.45, 7) is 0.422. The molecule has 0 aliphatic carbocycles. The number of carbonyl (C=O) groups excluding carboxylic acids is 1. The van der Waals surface area contributed by atoms with Crippen molar-refractivity contribution >= 4 is 23.3 Å². The van der Waals surface area contributed by atoms with Gasteiger partial charge in [0.05, 0.1) is 0 Å². The molecule has 0 saturated carbocycles. The molecule has 2 N–H and O–H groups in total. The average molecular weight is 277 g/mol. The van der Waals surface area contributed by atoms with Crippen molar-refractivity contribution < 1.29 is 4.79 Å². The predicted octanol–water partition coefficient (Wildman–Crippen LogP) is 2.10. The van der Waals surface area contributed by atoms with Gasteiger partial charge < -0.3 is 10.6 Å². The van der Waals surface area contributed by atoms with Gasteiger partial charge >= 0.3 is 0 Å². The molecule has 2 aromatic rings. The summed E-state index contributed by atoms with van der Waals surface area (Å²) >= 11 is 5.79. The van der Waals surface area contributed by atoms with Gasteiger partial charge in [0, 0.05) is 18.6 Å². The van der Waals surface area contributed by atoms with Crippen LogP contribution < -0.4 is 10.6 Å². The van der Waals surface area contributed by atoms with Crippen molar-refractivity contribution in [3.05, 3.63) is 52.7 Å². The van der Waals surface area contributed by atoms with Crippen LogP contribution >= 0.6 is 11.6 Å². The first-order valence-corrected chi connectivity index (χ1v) is 6.11. The molecule has 2 rings (SSSR count). The second-order valence-electron chi connectivity index (χ2n) is 3.86. The van der Waals surface area contributed by atoms with E-state index in [1.165, 1.54) is 0 Å². The number of halogens is 1. The summed E-state index contributed by atoms with van der Waals surface area (Å²) in [6, 6.07) is 10.6. The van der Waals surface area contributed by atoms with Crippen molar-refractivity contribution in [1.82, 2.24) is 15.5 Å². The highest BCUT2D eigenvalue weighted by molar-refractivity contribution is 6.30. The molecule has 1 heterocycles. The molecule has 1 aromatic heterocycles. The lowest BCUT2D eigenvalue weighted by Crippen LogP contribution is -2.24. The largest absolute Gasteiger partial charge is 0.372 e. The maximum absolute atomic E-state index is 11.8. The van der Waals surface area contributed by atoms with Gasteiger partial charge in [-0.15, -0.1) is 10.2 Å². The van der Waals surface area contributed by atoms with Gasteiger partial charge in [-0.05, 0) is 29.8 Å². The van der Waals surface area contributed by atoms with Crippen LogP contribution in [0.5, 0.6) is 0 Å². The van der Waals surface area contributed by atoms with Crippen LogP contribution in [0.15, 0.2) is 36.4 Å². The summed E-state index contributed by atoms with van der Waals surface area (Å²) in [5.41, 5.74) is 1.26. The van der Waals surface area contributed by atoms with E-state index < -0.39 is 0 Å². The molecule has 1 aromatic carbocycles. The third-order valence-electron chi connectivity index (χ3n) is 2.52. The van der Waals surface area contributed by atoms with Gasteiger partial charge in [-0.3, -0.25) is 4.79 Å². The van der Waals surface area contributed by atoms with Gasteiger partial charge in [-0.1, -0.05) is 23.7 Å². The molecular formula is C13H13ClN4O. The Balaban J connectivity index is 1.95. The predicted molar refractivity (Wildman–Crippen MR) is 74.2 cm³/mol. The van der Waals surface area contributed by atoms with Crippen molar-refractivity contribution in [2.24, 2.45) is 0 Å². The summed E-state index contributed by atoms with van der Waals surface area (Å²) < 4.78 is 0. The van der Waals surface area contributed by atoms with E-state index in [0.29, 0.717) is 17.4 Å². The van der Waals surface area contributed by atoms with Crippen LogP contribution in [0.4, 0.5) is 5.82 Å². The molecule has 0 radical (unpaired) electrons. The summed E-state index contributed by atoms with van der Waals surface area (Å²) in [5.74, 6) is 0.361. The first-order valence-electron chi connectivity index (χ1n) is 5.73. The van der Waals surface area contributed by atoms with E-state index in [2.05, 4.69) is 20.8 Å². The molecule has 0 aliphatic heterocycles. The molecule has 0 fully saturated rings. The number of nitrogens with one attached hydrogen (secondary N) is 2. The Morgan fingerprint density at radius 3 is 2.47 bits per heavy atom. The molecular weight excluding hydrogens is 264 g/mol. The van der Waals surface area contributed by atoms with Crippen LogP contribution in [0.25, 0.3) is 0 Å². The number of amides is 1. The lowest BCUT2D eigenvalue weighted by atomic mass is 10.2. The van der Waals surface area contributed by atoms with Crippen molar-refractivity contribution in [3.8, 4) is 0 Å². The average Bonchev–Trinajstić information content (AvgIpc) is 2.46. The summed E-state index contributed by atoms with van der Waals surface area (Å²) in [4.78, 5) is 11.8. The van der Waals surface area contributed by atoms with E-state index >= 15 is 0 Å². The van der Waals surface area contributed by atoms with Crippen molar-refractivity contribution in [2.45, 2.75) is 6.54 Å². The SMILES string of the molecule is CNc1ccc(C(=O)NCc2ccc(Cl)cc2)nn1. The Hall–Kier alpha value is -2.14. The van der Waals surface area contributed by atoms with Gasteiger partial charge in [0.25, 0.3) is 5.91 Å². The number of nitrogens with zero attached hydrogens (tertiary/aromatic N) is 2. The summed E-state index contributed by atoms with van der Waals surface area (Å²) in [5, 5.41) is 14.0. The van der Waals surface area contributed by atoms with E-state index in [0.717, 1.165) is 5.56 Å². The second kappa shape index (κ2) is 6.15. The quantitative estimate of drug-likeness (QED) is 0.897. The Labute approximate surface area is 116 Å². The number of carbonyl (C=O) groups is 1. The van der Waals surface area contributed by atoms with Gasteiger partial charge in [-0.2, -0.15) is 0 Å². The number of benzene rings is 1. The van der Waals surface area contributed by atoms with E-state index in [1.54, 1.807) is 31.3 Å². The maximum atomic E-state index is 11.8. The summed E-state index contributed by atoms with van der Waals surface area (Å²) in [6.07, 6.45) is 0. The molecule has 0 saturated heterocycles. The van der Waals surface area contributed by atoms with Crippen LogP contribution in [0.2, 0.25) is 5.02 Å². The maximum Gasteiger partial charge on any atom is 0.272 e. The minimum Gasteiger partial charge on any atom is -0.372 e. The van der Waals surface area contributed by atoms with E-state index in [1.807, 2.05) is 12.1 Å². The third-order valence-corrected chi connectivity index (χ3v) is 2.77. The zero-order chi connectivity index (χ0) is 13.7. The number of hydrogen-bond donors (Lipinski definition) is 2. The van der Waals surface area contributed by atoms with Crippen LogP contribution in [0, 0.1) is 0 Å². The van der Waals surface area contributed by atoms with Crippen LogP contribution in [0.3, 0.4) is 0 Å². The zero-order valence-electron chi connectivity index (χ0n) is 10.4. The Morgan fingerprint density at radius 1 is 1.16 bits per heavy atom. The van der Waals surface area contributed by atoms with Gasteiger partial charge in [-0.25, -0.2) is 0 Å². The van der Waals surface area contributed by atoms with Crippen LogP contribution in [0.1, 0.15) is 16.1 Å². The fourth-order valence-electron chi connectivity index (χ4n) is 1.46. The molecule has 0 unspecified atom stereocenters. The molecule has 98 valence electrons. The molecule has 6 heteroatoms. The first-order chi connectivity index (χ1) is 9.19. The van der Waals surface area contributed by atoms with Crippen LogP contribution in [-0.4, -0.2) is 23.2 Å². The van der Waals surface area contributed by atoms with Gasteiger partial charge in [0.2, 0.25) is 0 Å². The molecule has 0 bridgehead atoms. The number of aromatic nitrogens is 2. The fraction of sp³-hybridized carbons (Fsp3) is 0.154. The second-order valence-corrected chi connectivity index (χ2v) is 4.30. The topological polar surface area (TPSA) is 66.9 Å². The van der Waals surface area contributed by atoms with Gasteiger partial charge in [0.15, 0.2) is 5.69 Å². The molecule has 0 atom stereocenters. The van der Waals surface area contributed by atoms with Crippen molar-refractivity contribution in [1.29, 1.82) is 0 Å². The minimum atomic E-state index is -0.259. The lowest BCUT2D eigenvalue weighted by molar-refractivity contribution is 0.0945. The van der Waals surface area contributed by atoms with E-state index in [9.17, 15) is 4.79 Å². The van der Waals surface area contributed by atoms with E-state index in [4.69, 9.17) is 11.6 Å². The first kappa shape index (κ1) is 13.3. The van der Waals surface area contributed by atoms with E-state index in [-0.39, 0.29) is 11.6 Å². The smallest absolute Gasteiger partial charge is 0.272 e. The Morgan fingerprint density at radius 2 is 1.89 bits per heavy atom. The molecule has 19 heavy (non-hydrogen) atoms. The monoisotopic (exact) mass is 276 g/mol. The highest BCUT2D eigenvalue weighted by Gasteiger charge is 2.07. The van der Waals surface area contributed by atoms with Gasteiger partial charge in [0.1, 0.15) is 5.82 Å². The zero-order valence-corrected chi connectivity index (χ0v) is 11.1. The Kier molecular flexibility index (Phi) is 4.30. The lowest BCUT2D eigenvalue weighted by Gasteiger charge is -2.05. The highest BCUT2D eigenvalue weighted by atomic mass is 35.5. The summed E-state index contributed by atoms with van der Waals surface area (Å²) in [7, 11) is 1.74. The molecule has 0 spiro atoms. The van der Waals surface area contributed by atoms with Crippen molar-refractivity contribution in [3.63, 3.8) is 0 Å². The number of hydrogen-bond acceptors (Lipinski definition) is 4. The van der Waals surface area contributed by atoms with Crippen molar-refractivity contribution in [2.75, 3.05) is 12.4 Å². The normalized spacial score (nSPS) is 10.0. The number of rotatable bonds is 4. The van der Waals surface area contributed by atoms with Crippen LogP contribution in [-0.2, 0) is 6.54 Å². The molecule has 0 aliphatic rings. The molecule has 1 amide bonds. The molecule has 5 nitrogen and oxygen atoms in total. The Bertz CT molecular complexity index is 554. The highest BCUT2D eigenvalue weighted by Crippen LogP contribution is 2.09. The number of anilines is 1. The fourth-order valence-corrected chi connectivity index (χ4v) is 1.59. The third kappa shape index (κ3) is 3.66. The standard InChI is InChI=1S/C13H13ClN4O/c1-15-12-7-6-11(17-18-12)13(19)16-8-9-2-4-10(14)5-3-9/h2-7H,8H2,1H3,(H,15,18)(H,16,19). The minimum absolute atomic E-state index is 0.259.